The fraction of sp³-hybridized carbons (Fsp3) is 0.800. The minimum Gasteiger partial charge on any atom is -0.446 e. The molecule has 1 aliphatic carbocycles. The molecule has 0 spiro atoms. The molecule has 4 nitrogen and oxygen atoms in total. The molecule has 1 saturated carbocycles. The zero-order chi connectivity index (χ0) is 13.6. The molecule has 0 bridgehead atoms. The largest absolute Gasteiger partial charge is 0.446 e. The van der Waals surface area contributed by atoms with E-state index in [1.807, 2.05) is 6.20 Å². The third kappa shape index (κ3) is 4.05. The fourth-order valence-corrected chi connectivity index (χ4v) is 2.55. The van der Waals surface area contributed by atoms with Gasteiger partial charge in [-0.2, -0.15) is 0 Å². The minimum atomic E-state index is 0.0273. The predicted octanol–water partition coefficient (Wildman–Crippen LogP) is 2.72. The maximum atomic E-state index is 5.80. The Balaban J connectivity index is 1.72. The predicted molar refractivity (Wildman–Crippen MR) is 75.3 cm³/mol. The maximum absolute atomic E-state index is 5.80. The van der Waals surface area contributed by atoms with Gasteiger partial charge in [-0.1, -0.05) is 6.92 Å². The van der Waals surface area contributed by atoms with E-state index in [1.54, 1.807) is 7.11 Å². The summed E-state index contributed by atoms with van der Waals surface area (Å²) in [5.41, 5.74) is 0.0273. The number of oxazole rings is 1. The summed E-state index contributed by atoms with van der Waals surface area (Å²) in [4.78, 5) is 4.36. The molecule has 1 aromatic rings. The standard InChI is InChI=1S/C15H26N2O2/c1-3-9-16-10-4-6-14-17-12-13(19-14)11-15(18-2)7-5-8-15/h12,16H,3-11H2,1-2H3. The van der Waals surface area contributed by atoms with Crippen molar-refractivity contribution < 1.29 is 9.15 Å². The molecule has 0 unspecified atom stereocenters. The summed E-state index contributed by atoms with van der Waals surface area (Å²) in [5, 5.41) is 3.39. The average Bonchev–Trinajstić information content (AvgIpc) is 2.81. The minimum absolute atomic E-state index is 0.0273. The second-order valence-corrected chi connectivity index (χ2v) is 5.49. The quantitative estimate of drug-likeness (QED) is 0.698. The Bertz CT molecular complexity index is 366. The van der Waals surface area contributed by atoms with E-state index in [9.17, 15) is 0 Å². The van der Waals surface area contributed by atoms with E-state index in [0.717, 1.165) is 56.8 Å². The van der Waals surface area contributed by atoms with Crippen LogP contribution in [0.2, 0.25) is 0 Å². The zero-order valence-corrected chi connectivity index (χ0v) is 12.2. The topological polar surface area (TPSA) is 47.3 Å². The molecular formula is C15H26N2O2. The highest BCUT2D eigenvalue weighted by atomic mass is 16.5. The second-order valence-electron chi connectivity index (χ2n) is 5.49. The Kier molecular flexibility index (Phi) is 5.40. The van der Waals surface area contributed by atoms with E-state index in [1.165, 1.54) is 12.8 Å². The van der Waals surface area contributed by atoms with Gasteiger partial charge in [0.25, 0.3) is 0 Å². The summed E-state index contributed by atoms with van der Waals surface area (Å²) >= 11 is 0. The molecule has 1 heterocycles. The lowest BCUT2D eigenvalue weighted by molar-refractivity contribution is -0.0738. The van der Waals surface area contributed by atoms with Gasteiger partial charge in [-0.15, -0.1) is 0 Å². The summed E-state index contributed by atoms with van der Waals surface area (Å²) in [6.45, 7) is 4.31. The van der Waals surface area contributed by atoms with Crippen LogP contribution in [-0.4, -0.2) is 30.8 Å². The van der Waals surface area contributed by atoms with Gasteiger partial charge in [0.05, 0.1) is 11.8 Å². The van der Waals surface area contributed by atoms with Crippen molar-refractivity contribution in [3.63, 3.8) is 0 Å². The number of ether oxygens (including phenoxy) is 1. The van der Waals surface area contributed by atoms with Crippen LogP contribution in [0.25, 0.3) is 0 Å². The first kappa shape index (κ1) is 14.5. The average molecular weight is 266 g/mol. The first-order valence-corrected chi connectivity index (χ1v) is 7.47. The Morgan fingerprint density at radius 3 is 2.89 bits per heavy atom. The summed E-state index contributed by atoms with van der Waals surface area (Å²) in [6, 6.07) is 0. The van der Waals surface area contributed by atoms with E-state index in [0.29, 0.717) is 0 Å². The van der Waals surface area contributed by atoms with Crippen LogP contribution in [0.1, 0.15) is 50.7 Å². The van der Waals surface area contributed by atoms with Crippen LogP contribution in [0.5, 0.6) is 0 Å². The number of hydrogen-bond donors (Lipinski definition) is 1. The third-order valence-corrected chi connectivity index (χ3v) is 3.97. The van der Waals surface area contributed by atoms with Gasteiger partial charge < -0.3 is 14.5 Å². The van der Waals surface area contributed by atoms with Crippen molar-refractivity contribution in [3.8, 4) is 0 Å². The SMILES string of the molecule is CCCNCCCc1ncc(CC2(OC)CCC2)o1. The molecule has 0 aliphatic heterocycles. The highest BCUT2D eigenvalue weighted by molar-refractivity contribution is 5.04. The molecule has 0 radical (unpaired) electrons. The summed E-state index contributed by atoms with van der Waals surface area (Å²) in [6.07, 6.45) is 9.45. The lowest BCUT2D eigenvalue weighted by atomic mass is 9.77. The van der Waals surface area contributed by atoms with Gasteiger partial charge in [-0.25, -0.2) is 4.98 Å². The van der Waals surface area contributed by atoms with Crippen LogP contribution >= 0.6 is 0 Å². The second kappa shape index (κ2) is 7.06. The van der Waals surface area contributed by atoms with E-state index >= 15 is 0 Å². The van der Waals surface area contributed by atoms with Crippen molar-refractivity contribution in [1.29, 1.82) is 0 Å². The Labute approximate surface area is 115 Å². The van der Waals surface area contributed by atoms with Gasteiger partial charge in [-0.05, 0) is 45.2 Å². The molecule has 0 saturated heterocycles. The van der Waals surface area contributed by atoms with Crippen LogP contribution in [0, 0.1) is 0 Å². The van der Waals surface area contributed by atoms with Gasteiger partial charge in [0, 0.05) is 20.0 Å². The number of nitrogens with zero attached hydrogens (tertiary/aromatic N) is 1. The lowest BCUT2D eigenvalue weighted by Crippen LogP contribution is -2.41. The molecule has 4 heteroatoms. The van der Waals surface area contributed by atoms with E-state index in [4.69, 9.17) is 9.15 Å². The molecule has 0 atom stereocenters. The molecule has 19 heavy (non-hydrogen) atoms. The molecule has 108 valence electrons. The summed E-state index contributed by atoms with van der Waals surface area (Å²) in [5.74, 6) is 1.83. The van der Waals surface area contributed by atoms with Crippen LogP contribution in [-0.2, 0) is 17.6 Å². The lowest BCUT2D eigenvalue weighted by Gasteiger charge is -2.39. The van der Waals surface area contributed by atoms with Crippen LogP contribution in [0.15, 0.2) is 10.6 Å². The summed E-state index contributed by atoms with van der Waals surface area (Å²) in [7, 11) is 1.80. The third-order valence-electron chi connectivity index (χ3n) is 3.97. The number of aryl methyl sites for hydroxylation is 1. The number of hydrogen-bond acceptors (Lipinski definition) is 4. The zero-order valence-electron chi connectivity index (χ0n) is 12.2. The first-order valence-electron chi connectivity index (χ1n) is 7.47. The van der Waals surface area contributed by atoms with Crippen molar-refractivity contribution in [3.05, 3.63) is 17.8 Å². The van der Waals surface area contributed by atoms with E-state index in [-0.39, 0.29) is 5.60 Å². The van der Waals surface area contributed by atoms with Crippen molar-refractivity contribution in [1.82, 2.24) is 10.3 Å². The number of nitrogens with one attached hydrogen (secondary N) is 1. The van der Waals surface area contributed by atoms with Crippen LogP contribution in [0.3, 0.4) is 0 Å². The molecule has 1 fully saturated rings. The molecule has 1 aliphatic rings. The molecule has 0 aromatic carbocycles. The molecule has 1 N–H and O–H groups in total. The van der Waals surface area contributed by atoms with Crippen molar-refractivity contribution in [2.45, 2.75) is 57.5 Å². The Hall–Kier alpha value is -0.870. The van der Waals surface area contributed by atoms with E-state index in [2.05, 4.69) is 17.2 Å². The maximum Gasteiger partial charge on any atom is 0.194 e. The highest BCUT2D eigenvalue weighted by Crippen LogP contribution is 2.38. The van der Waals surface area contributed by atoms with Gasteiger partial charge in [0.15, 0.2) is 5.89 Å². The van der Waals surface area contributed by atoms with Crippen molar-refractivity contribution in [2.24, 2.45) is 0 Å². The molecule has 2 rings (SSSR count). The molecule has 0 amide bonds. The highest BCUT2D eigenvalue weighted by Gasteiger charge is 2.38. The first-order chi connectivity index (χ1) is 9.28. The molecule has 1 aromatic heterocycles. The van der Waals surface area contributed by atoms with Gasteiger partial charge in [0.1, 0.15) is 5.76 Å². The Morgan fingerprint density at radius 1 is 1.42 bits per heavy atom. The monoisotopic (exact) mass is 266 g/mol. The van der Waals surface area contributed by atoms with E-state index < -0.39 is 0 Å². The number of methoxy groups -OCH3 is 1. The van der Waals surface area contributed by atoms with Crippen molar-refractivity contribution >= 4 is 0 Å². The van der Waals surface area contributed by atoms with Crippen LogP contribution < -0.4 is 5.32 Å². The Morgan fingerprint density at radius 2 is 2.26 bits per heavy atom. The van der Waals surface area contributed by atoms with Crippen LogP contribution in [0.4, 0.5) is 0 Å². The van der Waals surface area contributed by atoms with Gasteiger partial charge >= 0.3 is 0 Å². The summed E-state index contributed by atoms with van der Waals surface area (Å²) < 4.78 is 11.4. The fourth-order valence-electron chi connectivity index (χ4n) is 2.55. The number of aromatic nitrogens is 1. The van der Waals surface area contributed by atoms with Crippen molar-refractivity contribution in [2.75, 3.05) is 20.2 Å². The normalized spacial score (nSPS) is 17.4. The van der Waals surface area contributed by atoms with Gasteiger partial charge in [-0.3, -0.25) is 0 Å². The van der Waals surface area contributed by atoms with Gasteiger partial charge in [0.2, 0.25) is 0 Å². The smallest absolute Gasteiger partial charge is 0.194 e. The number of rotatable bonds is 9. The molecular weight excluding hydrogens is 240 g/mol.